The molecule has 1 amide bonds. The second kappa shape index (κ2) is 10.1. The fourth-order valence-corrected chi connectivity index (χ4v) is 3.27. The summed E-state index contributed by atoms with van der Waals surface area (Å²) in [6.45, 7) is 2.74. The minimum atomic E-state index is -0.936. The van der Waals surface area contributed by atoms with E-state index in [9.17, 15) is 14.7 Å². The lowest BCUT2D eigenvalue weighted by molar-refractivity contribution is -0.128. The lowest BCUT2D eigenvalue weighted by atomic mass is 10.1. The van der Waals surface area contributed by atoms with Crippen LogP contribution in [0.1, 0.15) is 61.4 Å². The molecule has 2 N–H and O–H groups in total. The number of carboxylic acids is 1. The predicted molar refractivity (Wildman–Crippen MR) is 101 cm³/mol. The summed E-state index contributed by atoms with van der Waals surface area (Å²) in [7, 11) is 0. The van der Waals surface area contributed by atoms with Crippen molar-refractivity contribution in [1.82, 2.24) is 4.90 Å². The Bertz CT molecular complexity index is 623. The minimum Gasteiger partial charge on any atom is -0.478 e. The van der Waals surface area contributed by atoms with Gasteiger partial charge in [-0.05, 0) is 37.0 Å². The summed E-state index contributed by atoms with van der Waals surface area (Å²) >= 11 is 0. The van der Waals surface area contributed by atoms with Crippen LogP contribution >= 0.6 is 0 Å². The van der Waals surface area contributed by atoms with Gasteiger partial charge in [-0.3, -0.25) is 4.79 Å². The Morgan fingerprint density at radius 1 is 1.31 bits per heavy atom. The van der Waals surface area contributed by atoms with E-state index in [1.165, 1.54) is 0 Å². The molecule has 0 unspecified atom stereocenters. The topological polar surface area (TPSA) is 77.8 Å². The second-order valence-corrected chi connectivity index (χ2v) is 6.89. The lowest BCUT2D eigenvalue weighted by Gasteiger charge is -2.22. The van der Waals surface area contributed by atoms with E-state index < -0.39 is 12.1 Å². The number of carbonyl (C=O) groups is 2. The molecular weight excluding hydrogens is 330 g/mol. The number of aromatic carboxylic acids is 1. The summed E-state index contributed by atoms with van der Waals surface area (Å²) in [5, 5.41) is 19.0. The molecule has 142 valence electrons. The number of rotatable bonds is 10. The largest absolute Gasteiger partial charge is 0.478 e. The molecule has 2 rings (SSSR count). The number of carboxylic acid groups (broad SMARTS) is 1. The third-order valence-electron chi connectivity index (χ3n) is 4.88. The summed E-state index contributed by atoms with van der Waals surface area (Å²) in [4.78, 5) is 24.9. The normalized spacial score (nSPS) is 18.6. The van der Waals surface area contributed by atoms with Crippen molar-refractivity contribution in [3.05, 3.63) is 47.5 Å². The van der Waals surface area contributed by atoms with Crippen LogP contribution in [-0.2, 0) is 11.2 Å². The van der Waals surface area contributed by atoms with Gasteiger partial charge in [-0.25, -0.2) is 4.79 Å². The fourth-order valence-electron chi connectivity index (χ4n) is 3.27. The van der Waals surface area contributed by atoms with Crippen molar-refractivity contribution in [2.24, 2.45) is 0 Å². The van der Waals surface area contributed by atoms with E-state index in [4.69, 9.17) is 5.11 Å². The number of hydrogen-bond donors (Lipinski definition) is 2. The van der Waals surface area contributed by atoms with Crippen molar-refractivity contribution in [1.29, 1.82) is 0 Å². The maximum absolute atomic E-state index is 12.2. The van der Waals surface area contributed by atoms with Gasteiger partial charge in [-0.1, -0.05) is 50.5 Å². The van der Waals surface area contributed by atoms with Crippen LogP contribution in [0.4, 0.5) is 0 Å². The number of likely N-dealkylation sites (tertiary alicyclic amines) is 1. The Labute approximate surface area is 155 Å². The van der Waals surface area contributed by atoms with Crippen LogP contribution in [0.15, 0.2) is 36.4 Å². The molecule has 1 saturated heterocycles. The van der Waals surface area contributed by atoms with Gasteiger partial charge in [0.25, 0.3) is 0 Å². The molecule has 2 atom stereocenters. The monoisotopic (exact) mass is 359 g/mol. The van der Waals surface area contributed by atoms with Crippen LogP contribution in [-0.4, -0.2) is 45.7 Å². The molecule has 0 spiro atoms. The van der Waals surface area contributed by atoms with Gasteiger partial charge in [0.15, 0.2) is 0 Å². The van der Waals surface area contributed by atoms with Crippen molar-refractivity contribution in [3.8, 4) is 0 Å². The summed E-state index contributed by atoms with van der Waals surface area (Å²) in [5.41, 5.74) is 1.28. The quantitative estimate of drug-likeness (QED) is 0.496. The van der Waals surface area contributed by atoms with Gasteiger partial charge in [-0.2, -0.15) is 0 Å². The molecule has 1 heterocycles. The van der Waals surface area contributed by atoms with Crippen molar-refractivity contribution in [2.45, 2.75) is 64.0 Å². The fraction of sp³-hybridized carbons (Fsp3) is 0.524. The smallest absolute Gasteiger partial charge is 0.335 e. The first kappa shape index (κ1) is 20.2. The first-order valence-corrected chi connectivity index (χ1v) is 9.49. The van der Waals surface area contributed by atoms with E-state index in [0.29, 0.717) is 19.4 Å². The Balaban J connectivity index is 1.87. The van der Waals surface area contributed by atoms with Crippen molar-refractivity contribution in [2.75, 3.05) is 6.54 Å². The summed E-state index contributed by atoms with van der Waals surface area (Å²) in [5.74, 6) is -0.795. The van der Waals surface area contributed by atoms with Gasteiger partial charge < -0.3 is 15.1 Å². The van der Waals surface area contributed by atoms with E-state index in [1.54, 1.807) is 24.3 Å². The highest BCUT2D eigenvalue weighted by Crippen LogP contribution is 2.21. The molecular formula is C21H29NO4. The SMILES string of the molecule is CCCCC[C@@H](O)/C=C/[C@@H]1CCC(=O)N1CCc1ccc(C(=O)O)cc1. The summed E-state index contributed by atoms with van der Waals surface area (Å²) in [6, 6.07) is 6.82. The molecule has 0 bridgehead atoms. The van der Waals surface area contributed by atoms with Gasteiger partial charge in [0.2, 0.25) is 5.91 Å². The van der Waals surface area contributed by atoms with Gasteiger partial charge in [-0.15, -0.1) is 0 Å². The first-order chi connectivity index (χ1) is 12.5. The molecule has 26 heavy (non-hydrogen) atoms. The summed E-state index contributed by atoms with van der Waals surface area (Å²) < 4.78 is 0. The number of aliphatic hydroxyl groups is 1. The number of nitrogens with zero attached hydrogens (tertiary/aromatic N) is 1. The molecule has 0 aliphatic carbocycles. The van der Waals surface area contributed by atoms with Gasteiger partial charge in [0.1, 0.15) is 0 Å². The molecule has 1 aliphatic rings. The van der Waals surface area contributed by atoms with E-state index >= 15 is 0 Å². The number of hydrogen-bond acceptors (Lipinski definition) is 3. The van der Waals surface area contributed by atoms with E-state index in [0.717, 1.165) is 37.7 Å². The maximum Gasteiger partial charge on any atom is 0.335 e. The molecule has 0 radical (unpaired) electrons. The van der Waals surface area contributed by atoms with Crippen molar-refractivity contribution in [3.63, 3.8) is 0 Å². The molecule has 0 saturated carbocycles. The van der Waals surface area contributed by atoms with E-state index in [1.807, 2.05) is 17.1 Å². The van der Waals surface area contributed by atoms with Gasteiger partial charge in [0.05, 0.1) is 17.7 Å². The Morgan fingerprint density at radius 3 is 2.69 bits per heavy atom. The highest BCUT2D eigenvalue weighted by atomic mass is 16.4. The number of benzene rings is 1. The van der Waals surface area contributed by atoms with Crippen LogP contribution in [0.2, 0.25) is 0 Å². The Morgan fingerprint density at radius 2 is 2.04 bits per heavy atom. The third kappa shape index (κ3) is 5.99. The first-order valence-electron chi connectivity index (χ1n) is 9.49. The molecule has 1 aliphatic heterocycles. The van der Waals surface area contributed by atoms with Crippen molar-refractivity contribution >= 4 is 11.9 Å². The zero-order chi connectivity index (χ0) is 18.9. The van der Waals surface area contributed by atoms with Crippen LogP contribution in [0.5, 0.6) is 0 Å². The standard InChI is InChI=1S/C21H29NO4/c1-2-3-4-5-19(23)12-10-18-11-13-20(24)22(18)15-14-16-6-8-17(9-7-16)21(25)26/h6-10,12,18-19,23H,2-5,11,13-15H2,1H3,(H,25,26)/b12-10+/t18-,19-/m1/s1. The van der Waals surface area contributed by atoms with Crippen LogP contribution in [0.3, 0.4) is 0 Å². The molecule has 5 nitrogen and oxygen atoms in total. The predicted octanol–water partition coefficient (Wildman–Crippen LogP) is 3.42. The highest BCUT2D eigenvalue weighted by molar-refractivity contribution is 5.87. The van der Waals surface area contributed by atoms with E-state index in [-0.39, 0.29) is 17.5 Å². The second-order valence-electron chi connectivity index (χ2n) is 6.89. The zero-order valence-electron chi connectivity index (χ0n) is 15.4. The van der Waals surface area contributed by atoms with E-state index in [2.05, 4.69) is 6.92 Å². The van der Waals surface area contributed by atoms with Crippen LogP contribution in [0, 0.1) is 0 Å². The molecule has 1 fully saturated rings. The number of carbonyl (C=O) groups excluding carboxylic acids is 1. The van der Waals surface area contributed by atoms with Crippen LogP contribution in [0.25, 0.3) is 0 Å². The number of amides is 1. The highest BCUT2D eigenvalue weighted by Gasteiger charge is 2.28. The third-order valence-corrected chi connectivity index (χ3v) is 4.88. The summed E-state index contributed by atoms with van der Waals surface area (Å²) in [6.07, 6.45) is 9.41. The zero-order valence-corrected chi connectivity index (χ0v) is 15.4. The molecule has 0 aromatic heterocycles. The average molecular weight is 359 g/mol. The average Bonchev–Trinajstić information content (AvgIpc) is 2.98. The number of unbranched alkanes of at least 4 members (excludes halogenated alkanes) is 2. The molecule has 5 heteroatoms. The number of aliphatic hydroxyl groups excluding tert-OH is 1. The molecule has 1 aromatic carbocycles. The Hall–Kier alpha value is -2.14. The maximum atomic E-state index is 12.2. The van der Waals surface area contributed by atoms with Gasteiger partial charge >= 0.3 is 5.97 Å². The Kier molecular flexibility index (Phi) is 7.85. The molecule has 1 aromatic rings. The lowest BCUT2D eigenvalue weighted by Crippen LogP contribution is -2.33. The minimum absolute atomic E-state index is 0.0432. The van der Waals surface area contributed by atoms with Crippen molar-refractivity contribution < 1.29 is 19.8 Å². The van der Waals surface area contributed by atoms with Crippen LogP contribution < -0.4 is 0 Å². The van der Waals surface area contributed by atoms with Gasteiger partial charge in [0, 0.05) is 13.0 Å².